The molecule has 2 heterocycles. The third-order valence-electron chi connectivity index (χ3n) is 3.13. The second-order valence-electron chi connectivity index (χ2n) is 4.49. The molecule has 5 heteroatoms. The van der Waals surface area contributed by atoms with Crippen LogP contribution in [0.2, 0.25) is 0 Å². The maximum Gasteiger partial charge on any atom is 0.341 e. The molecule has 0 spiro atoms. The standard InChI is InChI=1S/C13H19NO4/c1-16-13(15)11-6-12(18-9-11)7-14-4-2-10-3-5-17-8-10/h6,9-10,14H,2-5,7-8H2,1H3. The summed E-state index contributed by atoms with van der Waals surface area (Å²) in [5.74, 6) is 1.06. The lowest BCUT2D eigenvalue weighted by atomic mass is 10.1. The van der Waals surface area contributed by atoms with Crippen LogP contribution in [0.3, 0.4) is 0 Å². The van der Waals surface area contributed by atoms with E-state index in [0.717, 1.165) is 38.4 Å². The number of carbonyl (C=O) groups excluding carboxylic acids is 1. The number of hydrogen-bond donors (Lipinski definition) is 1. The van der Waals surface area contributed by atoms with Gasteiger partial charge in [0.15, 0.2) is 0 Å². The van der Waals surface area contributed by atoms with Gasteiger partial charge in [-0.1, -0.05) is 0 Å². The molecule has 1 aliphatic rings. The van der Waals surface area contributed by atoms with Crippen LogP contribution in [0.5, 0.6) is 0 Å². The molecule has 2 rings (SSSR count). The van der Waals surface area contributed by atoms with Crippen LogP contribution in [0.4, 0.5) is 0 Å². The summed E-state index contributed by atoms with van der Waals surface area (Å²) in [4.78, 5) is 11.2. The minimum Gasteiger partial charge on any atom is -0.467 e. The second kappa shape index (κ2) is 6.56. The highest BCUT2D eigenvalue weighted by Crippen LogP contribution is 2.15. The summed E-state index contributed by atoms with van der Waals surface area (Å²) in [7, 11) is 1.36. The Balaban J connectivity index is 1.66. The third kappa shape index (κ3) is 3.58. The molecule has 1 aromatic heterocycles. The molecule has 1 fully saturated rings. The van der Waals surface area contributed by atoms with Crippen molar-refractivity contribution < 1.29 is 18.7 Å². The van der Waals surface area contributed by atoms with Crippen LogP contribution in [0, 0.1) is 5.92 Å². The topological polar surface area (TPSA) is 60.7 Å². The highest BCUT2D eigenvalue weighted by atomic mass is 16.5. The molecule has 1 unspecified atom stereocenters. The first kappa shape index (κ1) is 13.1. The second-order valence-corrected chi connectivity index (χ2v) is 4.49. The summed E-state index contributed by atoms with van der Waals surface area (Å²) in [6.45, 7) is 3.34. The Morgan fingerprint density at radius 3 is 3.22 bits per heavy atom. The van der Waals surface area contributed by atoms with Gasteiger partial charge in [-0.05, 0) is 31.4 Å². The molecule has 0 aliphatic carbocycles. The number of nitrogens with one attached hydrogen (secondary N) is 1. The van der Waals surface area contributed by atoms with E-state index in [0.29, 0.717) is 18.0 Å². The smallest absolute Gasteiger partial charge is 0.341 e. The number of hydrogen-bond acceptors (Lipinski definition) is 5. The van der Waals surface area contributed by atoms with E-state index in [-0.39, 0.29) is 5.97 Å². The number of ether oxygens (including phenoxy) is 2. The molecule has 1 N–H and O–H groups in total. The molecule has 0 aromatic carbocycles. The Morgan fingerprint density at radius 1 is 1.61 bits per heavy atom. The van der Waals surface area contributed by atoms with Crippen molar-refractivity contribution in [2.45, 2.75) is 19.4 Å². The molecule has 1 aromatic rings. The van der Waals surface area contributed by atoms with Gasteiger partial charge in [0.05, 0.1) is 19.2 Å². The summed E-state index contributed by atoms with van der Waals surface area (Å²) in [6, 6.07) is 1.71. The van der Waals surface area contributed by atoms with Crippen molar-refractivity contribution in [3.63, 3.8) is 0 Å². The first-order chi connectivity index (χ1) is 8.79. The van der Waals surface area contributed by atoms with Crippen LogP contribution < -0.4 is 5.32 Å². The van der Waals surface area contributed by atoms with Gasteiger partial charge in [-0.25, -0.2) is 4.79 Å². The van der Waals surface area contributed by atoms with E-state index in [1.165, 1.54) is 13.4 Å². The van der Waals surface area contributed by atoms with Gasteiger partial charge in [0.1, 0.15) is 12.0 Å². The first-order valence-electron chi connectivity index (χ1n) is 6.24. The maximum absolute atomic E-state index is 11.2. The predicted molar refractivity (Wildman–Crippen MR) is 65.3 cm³/mol. The summed E-state index contributed by atoms with van der Waals surface area (Å²) >= 11 is 0. The van der Waals surface area contributed by atoms with E-state index >= 15 is 0 Å². The molecule has 0 bridgehead atoms. The number of esters is 1. The van der Waals surface area contributed by atoms with Gasteiger partial charge in [-0.15, -0.1) is 0 Å². The minimum atomic E-state index is -0.367. The SMILES string of the molecule is COC(=O)c1coc(CNCCC2CCOC2)c1. The molecule has 100 valence electrons. The van der Waals surface area contributed by atoms with E-state index in [1.807, 2.05) is 0 Å². The number of carbonyl (C=O) groups is 1. The molecule has 1 aliphatic heterocycles. The Hall–Kier alpha value is -1.33. The Labute approximate surface area is 106 Å². The monoisotopic (exact) mass is 253 g/mol. The number of methoxy groups -OCH3 is 1. The van der Waals surface area contributed by atoms with Crippen molar-refractivity contribution in [2.75, 3.05) is 26.9 Å². The van der Waals surface area contributed by atoms with Crippen LogP contribution in [-0.4, -0.2) is 32.8 Å². The zero-order valence-corrected chi connectivity index (χ0v) is 10.6. The first-order valence-corrected chi connectivity index (χ1v) is 6.24. The fraction of sp³-hybridized carbons (Fsp3) is 0.615. The quantitative estimate of drug-likeness (QED) is 0.616. The van der Waals surface area contributed by atoms with Gasteiger partial charge < -0.3 is 19.2 Å². The van der Waals surface area contributed by atoms with E-state index in [4.69, 9.17) is 9.15 Å². The average molecular weight is 253 g/mol. The molecule has 18 heavy (non-hydrogen) atoms. The average Bonchev–Trinajstić information content (AvgIpc) is 3.05. The highest BCUT2D eigenvalue weighted by Gasteiger charge is 2.15. The van der Waals surface area contributed by atoms with Gasteiger partial charge in [0.25, 0.3) is 0 Å². The van der Waals surface area contributed by atoms with E-state index in [9.17, 15) is 4.79 Å². The summed E-state index contributed by atoms with van der Waals surface area (Å²) in [5, 5.41) is 3.30. The molecule has 5 nitrogen and oxygen atoms in total. The van der Waals surface area contributed by atoms with E-state index in [1.54, 1.807) is 6.07 Å². The predicted octanol–water partition coefficient (Wildman–Crippen LogP) is 1.58. The number of rotatable bonds is 6. The molecular weight excluding hydrogens is 234 g/mol. The summed E-state index contributed by atoms with van der Waals surface area (Å²) in [5.41, 5.74) is 0.457. The van der Waals surface area contributed by atoms with Crippen molar-refractivity contribution >= 4 is 5.97 Å². The molecule has 1 saturated heterocycles. The lowest BCUT2D eigenvalue weighted by Crippen LogP contribution is -2.17. The van der Waals surface area contributed by atoms with Crippen LogP contribution in [-0.2, 0) is 16.0 Å². The van der Waals surface area contributed by atoms with Crippen LogP contribution in [0.15, 0.2) is 16.7 Å². The molecule has 0 radical (unpaired) electrons. The highest BCUT2D eigenvalue weighted by molar-refractivity contribution is 5.88. The van der Waals surface area contributed by atoms with Crippen LogP contribution in [0.25, 0.3) is 0 Å². The fourth-order valence-corrected chi connectivity index (χ4v) is 2.03. The molecule has 0 saturated carbocycles. The van der Waals surface area contributed by atoms with Crippen molar-refractivity contribution in [2.24, 2.45) is 5.92 Å². The summed E-state index contributed by atoms with van der Waals surface area (Å²) in [6.07, 6.45) is 3.70. The molecular formula is C13H19NO4. The Morgan fingerprint density at radius 2 is 2.50 bits per heavy atom. The van der Waals surface area contributed by atoms with E-state index < -0.39 is 0 Å². The van der Waals surface area contributed by atoms with Crippen molar-refractivity contribution in [3.05, 3.63) is 23.7 Å². The zero-order chi connectivity index (χ0) is 12.8. The zero-order valence-electron chi connectivity index (χ0n) is 10.6. The van der Waals surface area contributed by atoms with Crippen molar-refractivity contribution in [1.82, 2.24) is 5.32 Å². The molecule has 0 amide bonds. The van der Waals surface area contributed by atoms with Gasteiger partial charge in [0.2, 0.25) is 0 Å². The van der Waals surface area contributed by atoms with Gasteiger partial charge in [-0.2, -0.15) is 0 Å². The lowest BCUT2D eigenvalue weighted by molar-refractivity contribution is 0.0600. The van der Waals surface area contributed by atoms with Gasteiger partial charge in [0, 0.05) is 13.2 Å². The third-order valence-corrected chi connectivity index (χ3v) is 3.13. The van der Waals surface area contributed by atoms with Crippen LogP contribution >= 0.6 is 0 Å². The Kier molecular flexibility index (Phi) is 4.78. The van der Waals surface area contributed by atoms with Crippen molar-refractivity contribution in [1.29, 1.82) is 0 Å². The van der Waals surface area contributed by atoms with Crippen molar-refractivity contribution in [3.8, 4) is 0 Å². The fourth-order valence-electron chi connectivity index (χ4n) is 2.03. The van der Waals surface area contributed by atoms with Crippen LogP contribution in [0.1, 0.15) is 29.0 Å². The lowest BCUT2D eigenvalue weighted by Gasteiger charge is -2.07. The largest absolute Gasteiger partial charge is 0.467 e. The normalized spacial score (nSPS) is 19.1. The Bertz CT molecular complexity index is 382. The van der Waals surface area contributed by atoms with Gasteiger partial charge >= 0.3 is 5.97 Å². The maximum atomic E-state index is 11.2. The minimum absolute atomic E-state index is 0.367. The van der Waals surface area contributed by atoms with E-state index in [2.05, 4.69) is 10.1 Å². The number of furan rings is 1. The van der Waals surface area contributed by atoms with Gasteiger partial charge in [-0.3, -0.25) is 0 Å². The summed E-state index contributed by atoms with van der Waals surface area (Å²) < 4.78 is 15.2. The molecule has 1 atom stereocenters.